The summed E-state index contributed by atoms with van der Waals surface area (Å²) < 4.78 is 15.9. The minimum absolute atomic E-state index is 0.319. The molecule has 6 heteroatoms. The van der Waals surface area contributed by atoms with E-state index < -0.39 is 0 Å². The number of hydrogen-bond acceptors (Lipinski definition) is 5. The van der Waals surface area contributed by atoms with Gasteiger partial charge in [0.05, 0.1) is 25.5 Å². The van der Waals surface area contributed by atoms with Gasteiger partial charge in [-0.05, 0) is 45.0 Å². The topological polar surface area (TPSA) is 73.1 Å². The van der Waals surface area contributed by atoms with Crippen LogP contribution in [0.4, 0.5) is 0 Å². The Morgan fingerprint density at radius 1 is 1.13 bits per heavy atom. The molecule has 1 N–H and O–H groups in total. The van der Waals surface area contributed by atoms with Crippen molar-refractivity contribution in [2.45, 2.75) is 20.8 Å². The van der Waals surface area contributed by atoms with Gasteiger partial charge in [0.1, 0.15) is 23.0 Å². The molecule has 0 aliphatic heterocycles. The number of amides is 1. The SMILES string of the molecule is COc1ccc(OC)c(/C(C)=N\NC(=O)c2cc(C)oc2C)c1. The number of aryl methyl sites for hydroxylation is 2. The van der Waals surface area contributed by atoms with Crippen molar-refractivity contribution in [3.8, 4) is 11.5 Å². The highest BCUT2D eigenvalue weighted by Crippen LogP contribution is 2.24. The van der Waals surface area contributed by atoms with Gasteiger partial charge in [-0.15, -0.1) is 0 Å². The smallest absolute Gasteiger partial charge is 0.274 e. The first kappa shape index (κ1) is 16.6. The largest absolute Gasteiger partial charge is 0.497 e. The second-order valence-corrected chi connectivity index (χ2v) is 5.03. The Bertz CT molecular complexity index is 747. The summed E-state index contributed by atoms with van der Waals surface area (Å²) in [6.45, 7) is 5.31. The molecule has 0 unspecified atom stereocenters. The molecular formula is C17H20N2O4. The zero-order valence-corrected chi connectivity index (χ0v) is 13.9. The number of furan rings is 1. The van der Waals surface area contributed by atoms with E-state index in [-0.39, 0.29) is 5.91 Å². The standard InChI is InChI=1S/C17H20N2O4/c1-10-8-15(12(3)23-10)17(20)19-18-11(2)14-9-13(21-4)6-7-16(14)22-5/h6-9H,1-5H3,(H,19,20)/b18-11-. The second-order valence-electron chi connectivity index (χ2n) is 5.03. The molecule has 0 saturated carbocycles. The van der Waals surface area contributed by atoms with Gasteiger partial charge in [0, 0.05) is 5.56 Å². The van der Waals surface area contributed by atoms with Crippen LogP contribution in [-0.4, -0.2) is 25.8 Å². The normalized spacial score (nSPS) is 11.3. The van der Waals surface area contributed by atoms with E-state index in [1.54, 1.807) is 59.3 Å². The first-order valence-corrected chi connectivity index (χ1v) is 7.10. The Morgan fingerprint density at radius 2 is 1.87 bits per heavy atom. The first-order valence-electron chi connectivity index (χ1n) is 7.10. The highest BCUT2D eigenvalue weighted by atomic mass is 16.5. The number of carbonyl (C=O) groups is 1. The molecule has 0 bridgehead atoms. The number of rotatable bonds is 5. The summed E-state index contributed by atoms with van der Waals surface area (Å²) in [5.41, 5.74) is 4.35. The Morgan fingerprint density at radius 3 is 2.43 bits per heavy atom. The van der Waals surface area contributed by atoms with E-state index in [4.69, 9.17) is 13.9 Å². The maximum atomic E-state index is 12.2. The van der Waals surface area contributed by atoms with E-state index in [2.05, 4.69) is 10.5 Å². The Kier molecular flexibility index (Phi) is 5.05. The number of benzene rings is 1. The number of nitrogens with zero attached hydrogens (tertiary/aromatic N) is 1. The Labute approximate surface area is 135 Å². The number of ether oxygens (including phenoxy) is 2. The van der Waals surface area contributed by atoms with Crippen LogP contribution in [0.5, 0.6) is 11.5 Å². The monoisotopic (exact) mass is 316 g/mol. The van der Waals surface area contributed by atoms with Crippen molar-refractivity contribution in [1.29, 1.82) is 0 Å². The van der Waals surface area contributed by atoms with Crippen LogP contribution in [0, 0.1) is 13.8 Å². The highest BCUT2D eigenvalue weighted by Gasteiger charge is 2.14. The number of carbonyl (C=O) groups excluding carboxylic acids is 1. The van der Waals surface area contributed by atoms with Crippen LogP contribution < -0.4 is 14.9 Å². The average Bonchev–Trinajstić information content (AvgIpc) is 2.90. The molecule has 0 atom stereocenters. The molecule has 1 aromatic carbocycles. The second kappa shape index (κ2) is 7.00. The molecule has 122 valence electrons. The van der Waals surface area contributed by atoms with Crippen molar-refractivity contribution < 1.29 is 18.7 Å². The van der Waals surface area contributed by atoms with Gasteiger partial charge in [0.2, 0.25) is 0 Å². The molecule has 0 fully saturated rings. The van der Waals surface area contributed by atoms with Gasteiger partial charge in [0.25, 0.3) is 5.91 Å². The van der Waals surface area contributed by atoms with E-state index in [0.717, 1.165) is 5.56 Å². The summed E-state index contributed by atoms with van der Waals surface area (Å²) >= 11 is 0. The molecule has 0 spiro atoms. The van der Waals surface area contributed by atoms with Crippen LogP contribution in [0.2, 0.25) is 0 Å². The highest BCUT2D eigenvalue weighted by molar-refractivity contribution is 6.03. The molecule has 0 aliphatic carbocycles. The minimum atomic E-state index is -0.319. The number of hydrazone groups is 1. The molecule has 23 heavy (non-hydrogen) atoms. The van der Waals surface area contributed by atoms with Gasteiger partial charge in [-0.2, -0.15) is 5.10 Å². The molecule has 2 aromatic rings. The van der Waals surface area contributed by atoms with Crippen molar-refractivity contribution in [1.82, 2.24) is 5.43 Å². The van der Waals surface area contributed by atoms with Crippen LogP contribution >= 0.6 is 0 Å². The summed E-state index contributed by atoms with van der Waals surface area (Å²) in [7, 11) is 3.17. The third kappa shape index (κ3) is 3.71. The molecule has 0 saturated heterocycles. The molecule has 2 rings (SSSR count). The van der Waals surface area contributed by atoms with Crippen LogP contribution in [0.1, 0.15) is 34.4 Å². The average molecular weight is 316 g/mol. The van der Waals surface area contributed by atoms with E-state index in [9.17, 15) is 4.79 Å². The number of methoxy groups -OCH3 is 2. The lowest BCUT2D eigenvalue weighted by Crippen LogP contribution is -2.19. The third-order valence-corrected chi connectivity index (χ3v) is 3.41. The van der Waals surface area contributed by atoms with E-state index in [0.29, 0.717) is 34.3 Å². The summed E-state index contributed by atoms with van der Waals surface area (Å²) in [6.07, 6.45) is 0. The van der Waals surface area contributed by atoms with Crippen LogP contribution in [0.15, 0.2) is 33.8 Å². The molecule has 0 radical (unpaired) electrons. The molecular weight excluding hydrogens is 296 g/mol. The fourth-order valence-corrected chi connectivity index (χ4v) is 2.21. The van der Waals surface area contributed by atoms with E-state index in [1.807, 2.05) is 0 Å². The minimum Gasteiger partial charge on any atom is -0.497 e. The van der Waals surface area contributed by atoms with Crippen LogP contribution in [-0.2, 0) is 0 Å². The lowest BCUT2D eigenvalue weighted by molar-refractivity contribution is 0.0953. The van der Waals surface area contributed by atoms with Crippen molar-refractivity contribution >= 4 is 11.6 Å². The lowest BCUT2D eigenvalue weighted by Gasteiger charge is -2.10. The molecule has 1 heterocycles. The fraction of sp³-hybridized carbons (Fsp3) is 0.294. The fourth-order valence-electron chi connectivity index (χ4n) is 2.21. The summed E-state index contributed by atoms with van der Waals surface area (Å²) in [6, 6.07) is 7.07. The Balaban J connectivity index is 2.23. The summed E-state index contributed by atoms with van der Waals surface area (Å²) in [4.78, 5) is 12.2. The molecule has 0 aliphatic rings. The quantitative estimate of drug-likeness (QED) is 0.679. The van der Waals surface area contributed by atoms with Crippen molar-refractivity contribution in [2.75, 3.05) is 14.2 Å². The van der Waals surface area contributed by atoms with Gasteiger partial charge in [0.15, 0.2) is 0 Å². The maximum Gasteiger partial charge on any atom is 0.274 e. The van der Waals surface area contributed by atoms with Crippen LogP contribution in [0.25, 0.3) is 0 Å². The summed E-state index contributed by atoms with van der Waals surface area (Å²) in [5.74, 6) is 2.26. The molecule has 1 amide bonds. The summed E-state index contributed by atoms with van der Waals surface area (Å²) in [5, 5.41) is 4.14. The van der Waals surface area contributed by atoms with Gasteiger partial charge < -0.3 is 13.9 Å². The van der Waals surface area contributed by atoms with E-state index in [1.165, 1.54) is 0 Å². The zero-order valence-electron chi connectivity index (χ0n) is 13.9. The van der Waals surface area contributed by atoms with Gasteiger partial charge in [-0.3, -0.25) is 4.79 Å². The molecule has 6 nitrogen and oxygen atoms in total. The van der Waals surface area contributed by atoms with E-state index >= 15 is 0 Å². The van der Waals surface area contributed by atoms with Gasteiger partial charge in [-0.1, -0.05) is 0 Å². The zero-order chi connectivity index (χ0) is 17.0. The van der Waals surface area contributed by atoms with Gasteiger partial charge >= 0.3 is 0 Å². The lowest BCUT2D eigenvalue weighted by atomic mass is 10.1. The predicted octanol–water partition coefficient (Wildman–Crippen LogP) is 3.07. The van der Waals surface area contributed by atoms with Gasteiger partial charge in [-0.25, -0.2) is 5.43 Å². The maximum absolute atomic E-state index is 12.2. The first-order chi connectivity index (χ1) is 11.0. The third-order valence-electron chi connectivity index (χ3n) is 3.41. The number of hydrogen-bond donors (Lipinski definition) is 1. The predicted molar refractivity (Wildman–Crippen MR) is 87.4 cm³/mol. The van der Waals surface area contributed by atoms with Crippen molar-refractivity contribution in [2.24, 2.45) is 5.10 Å². The van der Waals surface area contributed by atoms with Crippen LogP contribution in [0.3, 0.4) is 0 Å². The number of nitrogens with one attached hydrogen (secondary N) is 1. The molecule has 1 aromatic heterocycles. The van der Waals surface area contributed by atoms with Crippen molar-refractivity contribution in [3.63, 3.8) is 0 Å². The van der Waals surface area contributed by atoms with Crippen molar-refractivity contribution in [3.05, 3.63) is 46.9 Å². The Hall–Kier alpha value is -2.76.